The van der Waals surface area contributed by atoms with Crippen LogP contribution in [-0.4, -0.2) is 19.1 Å². The fraction of sp³-hybridized carbons (Fsp3) is 0. The van der Waals surface area contributed by atoms with Crippen LogP contribution >= 0.6 is 23.2 Å². The van der Waals surface area contributed by atoms with Crippen molar-refractivity contribution in [3.8, 4) is 34.2 Å². The third kappa shape index (κ3) is 3.47. The molecule has 0 saturated carbocycles. The average Bonchev–Trinajstić information content (AvgIpc) is 3.46. The zero-order valence-electron chi connectivity index (χ0n) is 16.4. The molecule has 32 heavy (non-hydrogen) atoms. The van der Waals surface area contributed by atoms with E-state index in [1.165, 1.54) is 18.2 Å². The third-order valence-electron chi connectivity index (χ3n) is 5.01. The van der Waals surface area contributed by atoms with E-state index in [1.807, 2.05) is 30.3 Å². The Morgan fingerprint density at radius 3 is 2.34 bits per heavy atom. The van der Waals surface area contributed by atoms with Gasteiger partial charge in [-0.3, -0.25) is 9.13 Å². The minimum atomic E-state index is -0.601. The Labute approximate surface area is 192 Å². The predicted octanol–water partition coefficient (Wildman–Crippen LogP) is 6.98. The Morgan fingerprint density at radius 2 is 1.62 bits per heavy atom. The van der Waals surface area contributed by atoms with Crippen molar-refractivity contribution >= 4 is 23.2 Å². The van der Waals surface area contributed by atoms with Gasteiger partial charge in [0.1, 0.15) is 18.0 Å². The van der Waals surface area contributed by atoms with Crippen molar-refractivity contribution in [1.29, 1.82) is 0 Å². The number of hydrogen-bond donors (Lipinski definition) is 0. The van der Waals surface area contributed by atoms with Crippen molar-refractivity contribution in [1.82, 2.24) is 19.1 Å². The van der Waals surface area contributed by atoms with E-state index in [-0.39, 0.29) is 15.7 Å². The lowest BCUT2D eigenvalue weighted by atomic mass is 10.1. The van der Waals surface area contributed by atoms with Gasteiger partial charge in [0.25, 0.3) is 0 Å². The van der Waals surface area contributed by atoms with Crippen LogP contribution in [0.5, 0.6) is 0 Å². The first-order valence-corrected chi connectivity index (χ1v) is 10.4. The van der Waals surface area contributed by atoms with Crippen LogP contribution in [0.25, 0.3) is 34.2 Å². The van der Waals surface area contributed by atoms with Crippen molar-refractivity contribution in [3.05, 3.63) is 107 Å². The van der Waals surface area contributed by atoms with Crippen LogP contribution in [-0.2, 0) is 0 Å². The third-order valence-corrected chi connectivity index (χ3v) is 5.59. The van der Waals surface area contributed by atoms with Gasteiger partial charge in [-0.25, -0.2) is 18.7 Å². The molecule has 0 aliphatic heterocycles. The Balaban J connectivity index is 1.93. The highest BCUT2D eigenvalue weighted by Crippen LogP contribution is 2.38. The summed E-state index contributed by atoms with van der Waals surface area (Å²) in [5.41, 5.74) is 2.01. The molecule has 0 saturated heterocycles. The molecule has 0 aliphatic rings. The first-order chi connectivity index (χ1) is 15.5. The van der Waals surface area contributed by atoms with Crippen molar-refractivity contribution in [2.75, 3.05) is 0 Å². The molecule has 0 N–H and O–H groups in total. The predicted molar refractivity (Wildman–Crippen MR) is 121 cm³/mol. The number of aromatic nitrogens is 4. The lowest BCUT2D eigenvalue weighted by molar-refractivity contribution is 0.619. The smallest absolute Gasteiger partial charge is 0.165 e. The second kappa shape index (κ2) is 8.22. The number of imidazole rings is 2. The van der Waals surface area contributed by atoms with Gasteiger partial charge in [0.2, 0.25) is 0 Å². The van der Waals surface area contributed by atoms with Crippen LogP contribution in [0.3, 0.4) is 0 Å². The molecular weight excluding hydrogens is 453 g/mol. The lowest BCUT2D eigenvalue weighted by Gasteiger charge is -2.15. The van der Waals surface area contributed by atoms with Crippen LogP contribution in [0.1, 0.15) is 0 Å². The second-order valence-electron chi connectivity index (χ2n) is 6.98. The van der Waals surface area contributed by atoms with E-state index in [4.69, 9.17) is 28.2 Å². The average molecular weight is 467 g/mol. The Morgan fingerprint density at radius 1 is 0.812 bits per heavy atom. The zero-order valence-corrected chi connectivity index (χ0v) is 17.9. The van der Waals surface area contributed by atoms with Crippen LogP contribution in [0.15, 0.2) is 85.5 Å². The van der Waals surface area contributed by atoms with E-state index in [9.17, 15) is 4.39 Å². The molecule has 0 aliphatic carbocycles. The normalized spacial score (nSPS) is 11.1. The maximum absolute atomic E-state index is 15.3. The van der Waals surface area contributed by atoms with Crippen molar-refractivity contribution in [2.45, 2.75) is 0 Å². The fourth-order valence-electron chi connectivity index (χ4n) is 3.56. The summed E-state index contributed by atoms with van der Waals surface area (Å²) in [6, 6.07) is 18.5. The molecule has 0 radical (unpaired) electrons. The first-order valence-electron chi connectivity index (χ1n) is 9.61. The second-order valence-corrected chi connectivity index (χ2v) is 7.80. The summed E-state index contributed by atoms with van der Waals surface area (Å²) in [5.74, 6) is -0.201. The van der Waals surface area contributed by atoms with E-state index in [1.54, 1.807) is 46.1 Å². The molecule has 0 unspecified atom stereocenters. The monoisotopic (exact) mass is 466 g/mol. The fourth-order valence-corrected chi connectivity index (χ4v) is 3.91. The standard InChI is InChI=1S/C24H14Cl2F2N4/c25-17-7-4-8-20(21(17)28)32-22(16-9-10-19(27)18(26)13-16)24(31-12-11-29-14-31)30-23(32)15-5-2-1-3-6-15/h1-14H. The summed E-state index contributed by atoms with van der Waals surface area (Å²) in [6.45, 7) is 0. The number of halogens is 4. The molecule has 0 spiro atoms. The molecule has 0 amide bonds. The van der Waals surface area contributed by atoms with Crippen LogP contribution in [0.2, 0.25) is 10.0 Å². The largest absolute Gasteiger partial charge is 0.289 e. The van der Waals surface area contributed by atoms with E-state index in [2.05, 4.69) is 4.98 Å². The molecule has 0 atom stereocenters. The summed E-state index contributed by atoms with van der Waals surface area (Å²) in [7, 11) is 0. The van der Waals surface area contributed by atoms with Gasteiger partial charge in [-0.2, -0.15) is 0 Å². The summed E-state index contributed by atoms with van der Waals surface area (Å²) in [5, 5.41) is -0.0814. The van der Waals surface area contributed by atoms with Crippen LogP contribution < -0.4 is 0 Å². The molecule has 5 aromatic rings. The van der Waals surface area contributed by atoms with Crippen molar-refractivity contribution < 1.29 is 8.78 Å². The minimum absolute atomic E-state index is 0.0255. The minimum Gasteiger partial charge on any atom is -0.289 e. The van der Waals surface area contributed by atoms with E-state index in [0.29, 0.717) is 22.9 Å². The SMILES string of the molecule is Fc1ccc(-c2c(-n3ccnc3)nc(-c3ccccc3)n2-c2cccc(Cl)c2F)cc1Cl. The van der Waals surface area contributed by atoms with E-state index >= 15 is 4.39 Å². The molecule has 5 rings (SSSR count). The molecular formula is C24H14Cl2F2N4. The van der Waals surface area contributed by atoms with Gasteiger partial charge in [-0.1, -0.05) is 59.6 Å². The van der Waals surface area contributed by atoms with Crippen LogP contribution in [0.4, 0.5) is 8.78 Å². The highest BCUT2D eigenvalue weighted by molar-refractivity contribution is 6.31. The summed E-state index contributed by atoms with van der Waals surface area (Å²) < 4.78 is 32.6. The number of benzene rings is 3. The summed E-state index contributed by atoms with van der Waals surface area (Å²) >= 11 is 12.2. The molecule has 2 aromatic heterocycles. The molecule has 0 bridgehead atoms. The topological polar surface area (TPSA) is 35.6 Å². The molecule has 3 aromatic carbocycles. The van der Waals surface area contributed by atoms with E-state index < -0.39 is 11.6 Å². The molecule has 158 valence electrons. The molecule has 4 nitrogen and oxygen atoms in total. The first kappa shape index (κ1) is 20.4. The van der Waals surface area contributed by atoms with Gasteiger partial charge in [0.05, 0.1) is 21.4 Å². The van der Waals surface area contributed by atoms with Gasteiger partial charge in [-0.05, 0) is 30.3 Å². The van der Waals surface area contributed by atoms with Gasteiger partial charge in [0, 0.05) is 23.5 Å². The summed E-state index contributed by atoms with van der Waals surface area (Å²) in [6.07, 6.45) is 4.93. The van der Waals surface area contributed by atoms with Gasteiger partial charge in [0.15, 0.2) is 11.6 Å². The quantitative estimate of drug-likeness (QED) is 0.286. The van der Waals surface area contributed by atoms with Crippen LogP contribution in [0, 0.1) is 11.6 Å². The Bertz CT molecular complexity index is 1410. The highest BCUT2D eigenvalue weighted by Gasteiger charge is 2.25. The highest BCUT2D eigenvalue weighted by atomic mass is 35.5. The maximum Gasteiger partial charge on any atom is 0.165 e. The molecule has 0 fully saturated rings. The maximum atomic E-state index is 15.3. The number of nitrogens with zero attached hydrogens (tertiary/aromatic N) is 4. The van der Waals surface area contributed by atoms with Gasteiger partial charge in [-0.15, -0.1) is 0 Å². The van der Waals surface area contributed by atoms with Gasteiger partial charge >= 0.3 is 0 Å². The Kier molecular flexibility index (Phi) is 5.25. The van der Waals surface area contributed by atoms with E-state index in [0.717, 1.165) is 5.56 Å². The number of rotatable bonds is 4. The number of hydrogen-bond acceptors (Lipinski definition) is 2. The zero-order chi connectivity index (χ0) is 22.2. The van der Waals surface area contributed by atoms with Gasteiger partial charge < -0.3 is 0 Å². The molecule has 2 heterocycles. The van der Waals surface area contributed by atoms with Crippen molar-refractivity contribution in [3.63, 3.8) is 0 Å². The van der Waals surface area contributed by atoms with Crippen molar-refractivity contribution in [2.24, 2.45) is 0 Å². The Hall–Kier alpha value is -3.48. The molecule has 8 heteroatoms. The summed E-state index contributed by atoms with van der Waals surface area (Å²) in [4.78, 5) is 8.95. The lowest BCUT2D eigenvalue weighted by Crippen LogP contribution is -2.04.